The molecule has 0 spiro atoms. The molecule has 0 aromatic carbocycles. The Labute approximate surface area is 107 Å². The molecular formula is C13H19N3S. The van der Waals surface area contributed by atoms with Gasteiger partial charge in [-0.05, 0) is 32.4 Å². The van der Waals surface area contributed by atoms with Crippen LogP contribution in [-0.2, 0) is 13.1 Å². The molecule has 0 fully saturated rings. The summed E-state index contributed by atoms with van der Waals surface area (Å²) in [5.74, 6) is 0. The van der Waals surface area contributed by atoms with E-state index in [0.29, 0.717) is 0 Å². The van der Waals surface area contributed by atoms with Gasteiger partial charge in [-0.15, -0.1) is 11.3 Å². The summed E-state index contributed by atoms with van der Waals surface area (Å²) < 4.78 is 2.20. The Kier molecular flexibility index (Phi) is 3.64. The van der Waals surface area contributed by atoms with Crippen LogP contribution in [0.3, 0.4) is 0 Å². The SMILES string of the molecule is CC(C)(C)NCc1ccn(Cc2cncs2)c1. The van der Waals surface area contributed by atoms with Crippen molar-refractivity contribution in [3.8, 4) is 0 Å². The third kappa shape index (κ3) is 3.98. The first kappa shape index (κ1) is 12.3. The summed E-state index contributed by atoms with van der Waals surface area (Å²) >= 11 is 1.70. The molecule has 0 aliphatic rings. The third-order valence-electron chi connectivity index (χ3n) is 2.46. The lowest BCUT2D eigenvalue weighted by Gasteiger charge is -2.19. The summed E-state index contributed by atoms with van der Waals surface area (Å²) in [7, 11) is 0. The van der Waals surface area contributed by atoms with Gasteiger partial charge in [0.05, 0.1) is 12.1 Å². The van der Waals surface area contributed by atoms with E-state index >= 15 is 0 Å². The zero-order valence-corrected chi connectivity index (χ0v) is 11.4. The second-order valence-electron chi connectivity index (χ2n) is 5.26. The topological polar surface area (TPSA) is 29.9 Å². The molecule has 17 heavy (non-hydrogen) atoms. The Hall–Kier alpha value is -1.13. The van der Waals surface area contributed by atoms with Gasteiger partial charge in [-0.3, -0.25) is 4.98 Å². The molecule has 0 saturated carbocycles. The lowest BCUT2D eigenvalue weighted by atomic mass is 10.1. The molecule has 92 valence electrons. The molecule has 3 nitrogen and oxygen atoms in total. The Morgan fingerprint density at radius 1 is 1.41 bits per heavy atom. The first-order chi connectivity index (χ1) is 8.03. The van der Waals surface area contributed by atoms with E-state index in [1.807, 2.05) is 11.7 Å². The van der Waals surface area contributed by atoms with Crippen molar-refractivity contribution >= 4 is 11.3 Å². The molecule has 1 N–H and O–H groups in total. The Bertz CT molecular complexity index is 451. The third-order valence-corrected chi connectivity index (χ3v) is 3.22. The number of nitrogens with zero attached hydrogens (tertiary/aromatic N) is 2. The minimum Gasteiger partial charge on any atom is -0.349 e. The molecule has 2 aromatic heterocycles. The largest absolute Gasteiger partial charge is 0.349 e. The average molecular weight is 249 g/mol. The van der Waals surface area contributed by atoms with Gasteiger partial charge in [0.2, 0.25) is 0 Å². The number of hydrogen-bond donors (Lipinski definition) is 1. The number of hydrogen-bond acceptors (Lipinski definition) is 3. The molecule has 0 aliphatic carbocycles. The van der Waals surface area contributed by atoms with Crippen LogP contribution in [0, 0.1) is 0 Å². The van der Waals surface area contributed by atoms with Gasteiger partial charge in [0.15, 0.2) is 0 Å². The van der Waals surface area contributed by atoms with E-state index in [2.05, 4.69) is 54.1 Å². The molecule has 2 rings (SSSR count). The van der Waals surface area contributed by atoms with Gasteiger partial charge in [-0.1, -0.05) is 0 Å². The van der Waals surface area contributed by atoms with Gasteiger partial charge in [0.1, 0.15) is 0 Å². The van der Waals surface area contributed by atoms with Gasteiger partial charge in [0.25, 0.3) is 0 Å². The van der Waals surface area contributed by atoms with E-state index in [1.54, 1.807) is 11.3 Å². The smallest absolute Gasteiger partial charge is 0.0794 e. The van der Waals surface area contributed by atoms with Crippen LogP contribution in [0.4, 0.5) is 0 Å². The number of nitrogens with one attached hydrogen (secondary N) is 1. The monoisotopic (exact) mass is 249 g/mol. The van der Waals surface area contributed by atoms with Crippen LogP contribution in [0.2, 0.25) is 0 Å². The summed E-state index contributed by atoms with van der Waals surface area (Å²) in [5, 5.41) is 3.49. The van der Waals surface area contributed by atoms with E-state index in [9.17, 15) is 0 Å². The molecule has 0 radical (unpaired) electrons. The molecule has 2 aromatic rings. The highest BCUT2D eigenvalue weighted by Gasteiger charge is 2.08. The maximum Gasteiger partial charge on any atom is 0.0794 e. The summed E-state index contributed by atoms with van der Waals surface area (Å²) in [6.45, 7) is 8.38. The molecule has 4 heteroatoms. The van der Waals surface area contributed by atoms with E-state index in [4.69, 9.17) is 0 Å². The molecular weight excluding hydrogens is 230 g/mol. The average Bonchev–Trinajstić information content (AvgIpc) is 2.86. The van der Waals surface area contributed by atoms with Crippen molar-refractivity contribution in [3.05, 3.63) is 40.6 Å². The summed E-state index contributed by atoms with van der Waals surface area (Å²) in [5.41, 5.74) is 3.37. The van der Waals surface area contributed by atoms with Crippen LogP contribution >= 0.6 is 11.3 Å². The lowest BCUT2D eigenvalue weighted by molar-refractivity contribution is 0.424. The van der Waals surface area contributed by atoms with E-state index in [0.717, 1.165) is 13.1 Å². The first-order valence-corrected chi connectivity index (χ1v) is 6.68. The van der Waals surface area contributed by atoms with Crippen LogP contribution in [0.25, 0.3) is 0 Å². The van der Waals surface area contributed by atoms with Crippen molar-refractivity contribution in [3.63, 3.8) is 0 Å². The molecule has 0 bridgehead atoms. The lowest BCUT2D eigenvalue weighted by Crippen LogP contribution is -2.34. The van der Waals surface area contributed by atoms with Crippen molar-refractivity contribution in [2.45, 2.75) is 39.4 Å². The van der Waals surface area contributed by atoms with Crippen LogP contribution in [-0.4, -0.2) is 15.1 Å². The molecule has 0 unspecified atom stereocenters. The van der Waals surface area contributed by atoms with Gasteiger partial charge in [-0.25, -0.2) is 0 Å². The van der Waals surface area contributed by atoms with Gasteiger partial charge >= 0.3 is 0 Å². The van der Waals surface area contributed by atoms with Crippen molar-refractivity contribution in [2.75, 3.05) is 0 Å². The maximum atomic E-state index is 4.09. The Morgan fingerprint density at radius 2 is 2.24 bits per heavy atom. The van der Waals surface area contributed by atoms with Gasteiger partial charge in [-0.2, -0.15) is 0 Å². The van der Waals surface area contributed by atoms with E-state index in [1.165, 1.54) is 10.4 Å². The van der Waals surface area contributed by atoms with Crippen molar-refractivity contribution in [1.82, 2.24) is 14.9 Å². The fraction of sp³-hybridized carbons (Fsp3) is 0.462. The van der Waals surface area contributed by atoms with Gasteiger partial charge < -0.3 is 9.88 Å². The molecule has 0 atom stereocenters. The fourth-order valence-electron chi connectivity index (χ4n) is 1.56. The normalized spacial score (nSPS) is 11.9. The summed E-state index contributed by atoms with van der Waals surface area (Å²) in [6, 6.07) is 2.17. The Morgan fingerprint density at radius 3 is 2.88 bits per heavy atom. The Balaban J connectivity index is 1.92. The predicted molar refractivity (Wildman–Crippen MR) is 72.2 cm³/mol. The van der Waals surface area contributed by atoms with Gasteiger partial charge in [0, 0.05) is 35.6 Å². The van der Waals surface area contributed by atoms with Crippen LogP contribution in [0.5, 0.6) is 0 Å². The van der Waals surface area contributed by atoms with Crippen molar-refractivity contribution in [2.24, 2.45) is 0 Å². The summed E-state index contributed by atoms with van der Waals surface area (Å²) in [6.07, 6.45) is 6.25. The van der Waals surface area contributed by atoms with Crippen LogP contribution in [0.15, 0.2) is 30.2 Å². The first-order valence-electron chi connectivity index (χ1n) is 5.80. The minimum absolute atomic E-state index is 0.166. The molecule has 0 saturated heterocycles. The van der Waals surface area contributed by atoms with Crippen LogP contribution < -0.4 is 5.32 Å². The zero-order valence-electron chi connectivity index (χ0n) is 10.6. The van der Waals surface area contributed by atoms with E-state index < -0.39 is 0 Å². The number of thiazole rings is 1. The highest BCUT2D eigenvalue weighted by Crippen LogP contribution is 2.10. The number of rotatable bonds is 4. The maximum absolute atomic E-state index is 4.09. The van der Waals surface area contributed by atoms with Crippen molar-refractivity contribution < 1.29 is 0 Å². The molecule has 2 heterocycles. The standard InChI is InChI=1S/C13H19N3S/c1-13(2,3)15-6-11-4-5-16(8-11)9-12-7-14-10-17-12/h4-5,7-8,10,15H,6,9H2,1-3H3. The minimum atomic E-state index is 0.166. The van der Waals surface area contributed by atoms with Crippen LogP contribution in [0.1, 0.15) is 31.2 Å². The molecule has 0 aliphatic heterocycles. The summed E-state index contributed by atoms with van der Waals surface area (Å²) in [4.78, 5) is 5.37. The molecule has 0 amide bonds. The number of aromatic nitrogens is 2. The second-order valence-corrected chi connectivity index (χ2v) is 6.23. The highest BCUT2D eigenvalue weighted by atomic mass is 32.1. The highest BCUT2D eigenvalue weighted by molar-refractivity contribution is 7.09. The van der Waals surface area contributed by atoms with E-state index in [-0.39, 0.29) is 5.54 Å². The fourth-order valence-corrected chi connectivity index (χ4v) is 2.16. The van der Waals surface area contributed by atoms with Crippen molar-refractivity contribution in [1.29, 1.82) is 0 Å². The quantitative estimate of drug-likeness (QED) is 0.903. The second kappa shape index (κ2) is 5.02. The zero-order chi connectivity index (χ0) is 12.3. The predicted octanol–water partition coefficient (Wildman–Crippen LogP) is 2.88.